The zero-order valence-corrected chi connectivity index (χ0v) is 28.9. The first-order valence-corrected chi connectivity index (χ1v) is 19.0. The van der Waals surface area contributed by atoms with Crippen molar-refractivity contribution in [2.45, 2.75) is 54.3 Å². The Morgan fingerprint density at radius 1 is 0.978 bits per heavy atom. The average Bonchev–Trinajstić information content (AvgIpc) is 3.65. The molecule has 4 aromatic rings. The number of likely N-dealkylation sites (tertiary alicyclic amines) is 1. The molecule has 2 unspecified atom stereocenters. The Bertz CT molecular complexity index is 1950. The number of aromatic nitrogens is 2. The highest BCUT2D eigenvalue weighted by Crippen LogP contribution is 2.42. The van der Waals surface area contributed by atoms with Crippen LogP contribution in [-0.4, -0.2) is 66.5 Å². The van der Waals surface area contributed by atoms with E-state index >= 15 is 0 Å². The smallest absolute Gasteiger partial charge is 0.266 e. The number of hydrogen-bond acceptors (Lipinski definition) is 7. The van der Waals surface area contributed by atoms with E-state index in [1.54, 1.807) is 24.3 Å². The summed E-state index contributed by atoms with van der Waals surface area (Å²) in [7, 11) is -3.53. The standard InChI is InChI=1S/C34H36Cl2N4O4S2/c1-3-4-8-30(32(42)39-18-16-34(22-39)15-17-38(21-34)25-11-9-23(35)10-12-25)45-33-37-29-20-27(46(2,43)44)13-14-28(29)31(41)40(33)26-7-5-6-24(36)19-26/h5-7,9-14,19-20,30H,3-4,8,15-18,21-22H2,1-2H3. The molecule has 0 radical (unpaired) electrons. The minimum Gasteiger partial charge on any atom is -0.371 e. The fourth-order valence-electron chi connectivity index (χ4n) is 6.51. The van der Waals surface area contributed by atoms with E-state index in [1.807, 2.05) is 29.2 Å². The molecule has 0 saturated carbocycles. The molecule has 0 N–H and O–H groups in total. The monoisotopic (exact) mass is 698 g/mol. The van der Waals surface area contributed by atoms with Crippen LogP contribution in [0.2, 0.25) is 10.0 Å². The average molecular weight is 700 g/mol. The van der Waals surface area contributed by atoms with Crippen LogP contribution in [0.4, 0.5) is 5.69 Å². The third-order valence-corrected chi connectivity index (χ3v) is 11.8. The molecule has 46 heavy (non-hydrogen) atoms. The van der Waals surface area contributed by atoms with Gasteiger partial charge in [0.25, 0.3) is 5.56 Å². The summed E-state index contributed by atoms with van der Waals surface area (Å²) in [6.45, 7) is 5.27. The van der Waals surface area contributed by atoms with Gasteiger partial charge in [-0.05, 0) is 79.9 Å². The van der Waals surface area contributed by atoms with E-state index in [4.69, 9.17) is 28.2 Å². The summed E-state index contributed by atoms with van der Waals surface area (Å²) in [5, 5.41) is 1.29. The predicted molar refractivity (Wildman–Crippen MR) is 187 cm³/mol. The third-order valence-electron chi connectivity index (χ3n) is 9.03. The van der Waals surface area contributed by atoms with Gasteiger partial charge in [0.2, 0.25) is 5.91 Å². The van der Waals surface area contributed by atoms with Gasteiger partial charge in [0.05, 0.1) is 26.7 Å². The SMILES string of the molecule is CCCCC(Sc1nc2cc(S(C)(=O)=O)ccc2c(=O)n1-c1cccc(Cl)c1)C(=O)N1CCC2(CCN(c3ccc(Cl)cc3)C2)C1. The Balaban J connectivity index is 1.32. The summed E-state index contributed by atoms with van der Waals surface area (Å²) in [5.41, 5.74) is 1.61. The lowest BCUT2D eigenvalue weighted by Gasteiger charge is -2.27. The Hall–Kier alpha value is -3.05. The Kier molecular flexibility index (Phi) is 9.45. The fraction of sp³-hybridized carbons (Fsp3) is 0.382. The second-order valence-electron chi connectivity index (χ2n) is 12.4. The highest BCUT2D eigenvalue weighted by molar-refractivity contribution is 8.00. The van der Waals surface area contributed by atoms with Crippen molar-refractivity contribution in [3.8, 4) is 5.69 Å². The van der Waals surface area contributed by atoms with Crippen molar-refractivity contribution >= 4 is 67.3 Å². The number of benzene rings is 3. The molecule has 3 heterocycles. The zero-order valence-electron chi connectivity index (χ0n) is 25.8. The first kappa shape index (κ1) is 32.9. The van der Waals surface area contributed by atoms with E-state index in [0.29, 0.717) is 40.4 Å². The summed E-state index contributed by atoms with van der Waals surface area (Å²) in [6.07, 6.45) is 5.43. The van der Waals surface area contributed by atoms with E-state index in [2.05, 4.69) is 11.8 Å². The fourth-order valence-corrected chi connectivity index (χ4v) is 8.70. The van der Waals surface area contributed by atoms with Crippen LogP contribution in [0.15, 0.2) is 81.6 Å². The van der Waals surface area contributed by atoms with E-state index in [-0.39, 0.29) is 32.7 Å². The van der Waals surface area contributed by atoms with Crippen LogP contribution >= 0.6 is 35.0 Å². The van der Waals surface area contributed by atoms with Crippen LogP contribution < -0.4 is 10.5 Å². The number of carbonyl (C=O) groups is 1. The number of amides is 1. The van der Waals surface area contributed by atoms with Crippen LogP contribution in [0.1, 0.15) is 39.0 Å². The van der Waals surface area contributed by atoms with Crippen LogP contribution in [0.5, 0.6) is 0 Å². The highest BCUT2D eigenvalue weighted by atomic mass is 35.5. The molecule has 2 aliphatic heterocycles. The van der Waals surface area contributed by atoms with Gasteiger partial charge in [0, 0.05) is 53.6 Å². The van der Waals surface area contributed by atoms with Crippen LogP contribution in [0.3, 0.4) is 0 Å². The summed E-state index contributed by atoms with van der Waals surface area (Å²) < 4.78 is 26.2. The first-order chi connectivity index (χ1) is 22.0. The number of halogens is 2. The molecule has 0 bridgehead atoms. The number of unbranched alkanes of at least 4 members (excludes halogenated alkanes) is 1. The molecule has 8 nitrogen and oxygen atoms in total. The van der Waals surface area contributed by atoms with Gasteiger partial charge in [-0.3, -0.25) is 14.2 Å². The van der Waals surface area contributed by atoms with Crippen molar-refractivity contribution in [1.82, 2.24) is 14.5 Å². The number of carbonyl (C=O) groups excluding carboxylic acids is 1. The summed E-state index contributed by atoms with van der Waals surface area (Å²) >= 11 is 13.7. The van der Waals surface area contributed by atoms with Crippen molar-refractivity contribution < 1.29 is 13.2 Å². The quantitative estimate of drug-likeness (QED) is 0.139. The molecule has 3 aromatic carbocycles. The number of rotatable bonds is 9. The van der Waals surface area contributed by atoms with Gasteiger partial charge in [-0.15, -0.1) is 0 Å². The van der Waals surface area contributed by atoms with Crippen molar-refractivity contribution in [2.24, 2.45) is 5.41 Å². The lowest BCUT2D eigenvalue weighted by Crippen LogP contribution is -2.39. The number of thioether (sulfide) groups is 1. The molecule has 0 aliphatic carbocycles. The van der Waals surface area contributed by atoms with E-state index < -0.39 is 15.1 Å². The number of fused-ring (bicyclic) bond motifs is 1. The van der Waals surface area contributed by atoms with Crippen molar-refractivity contribution in [2.75, 3.05) is 37.3 Å². The Labute approximate surface area is 283 Å². The van der Waals surface area contributed by atoms with Gasteiger partial charge >= 0.3 is 0 Å². The molecule has 6 rings (SSSR count). The molecule has 2 atom stereocenters. The van der Waals surface area contributed by atoms with Gasteiger partial charge in [-0.25, -0.2) is 13.4 Å². The molecular weight excluding hydrogens is 663 g/mol. The van der Waals surface area contributed by atoms with Gasteiger partial charge in [-0.1, -0.05) is 60.8 Å². The molecule has 1 amide bonds. The molecule has 2 aliphatic rings. The van der Waals surface area contributed by atoms with Crippen molar-refractivity contribution in [1.29, 1.82) is 0 Å². The van der Waals surface area contributed by atoms with E-state index in [9.17, 15) is 18.0 Å². The molecule has 2 saturated heterocycles. The third kappa shape index (κ3) is 6.81. The van der Waals surface area contributed by atoms with Gasteiger partial charge < -0.3 is 9.80 Å². The minimum atomic E-state index is -3.53. The van der Waals surface area contributed by atoms with E-state index in [0.717, 1.165) is 50.7 Å². The molecular formula is C34H36Cl2N4O4S2. The minimum absolute atomic E-state index is 0.0292. The maximum Gasteiger partial charge on any atom is 0.266 e. The molecule has 1 spiro atoms. The van der Waals surface area contributed by atoms with Crippen LogP contribution in [0, 0.1) is 5.41 Å². The Morgan fingerprint density at radius 2 is 1.74 bits per heavy atom. The largest absolute Gasteiger partial charge is 0.371 e. The van der Waals surface area contributed by atoms with Gasteiger partial charge in [0.15, 0.2) is 15.0 Å². The topological polar surface area (TPSA) is 92.6 Å². The zero-order chi connectivity index (χ0) is 32.6. The lowest BCUT2D eigenvalue weighted by molar-refractivity contribution is -0.130. The molecule has 2 fully saturated rings. The van der Waals surface area contributed by atoms with Crippen LogP contribution in [0.25, 0.3) is 16.6 Å². The maximum atomic E-state index is 14.3. The van der Waals surface area contributed by atoms with Crippen LogP contribution in [-0.2, 0) is 14.6 Å². The summed E-state index contributed by atoms with van der Waals surface area (Å²) in [5.74, 6) is 0.0390. The number of anilines is 1. The van der Waals surface area contributed by atoms with Gasteiger partial charge in [0.1, 0.15) is 0 Å². The molecule has 12 heteroatoms. The number of nitrogens with zero attached hydrogens (tertiary/aromatic N) is 4. The predicted octanol–water partition coefficient (Wildman–Crippen LogP) is 6.88. The summed E-state index contributed by atoms with van der Waals surface area (Å²) in [4.78, 5) is 37.5. The van der Waals surface area contributed by atoms with Crippen molar-refractivity contribution in [3.05, 3.63) is 87.1 Å². The number of sulfone groups is 1. The second-order valence-corrected chi connectivity index (χ2v) is 16.4. The molecule has 1 aromatic heterocycles. The van der Waals surface area contributed by atoms with Gasteiger partial charge in [-0.2, -0.15) is 0 Å². The molecule has 242 valence electrons. The normalized spacial score (nSPS) is 19.0. The summed E-state index contributed by atoms with van der Waals surface area (Å²) in [6, 6.07) is 19.2. The lowest BCUT2D eigenvalue weighted by atomic mass is 9.86. The Morgan fingerprint density at radius 3 is 2.46 bits per heavy atom. The first-order valence-electron chi connectivity index (χ1n) is 15.5. The highest BCUT2D eigenvalue weighted by Gasteiger charge is 2.46. The second kappa shape index (κ2) is 13.2. The number of hydrogen-bond donors (Lipinski definition) is 0. The van der Waals surface area contributed by atoms with Crippen molar-refractivity contribution in [3.63, 3.8) is 0 Å². The van der Waals surface area contributed by atoms with E-state index in [1.165, 1.54) is 34.5 Å². The maximum absolute atomic E-state index is 14.3.